The molecular weight excluding hydrogens is 369 g/mol. The molecule has 0 unspecified atom stereocenters. The van der Waals surface area contributed by atoms with Crippen LogP contribution in [0.1, 0.15) is 33.3 Å². The average Bonchev–Trinajstić information content (AvgIpc) is 3.07. The molecule has 0 aliphatic carbocycles. The van der Waals surface area contributed by atoms with Gasteiger partial charge in [-0.2, -0.15) is 18.2 Å². The molecule has 0 saturated carbocycles. The number of aromatic nitrogens is 5. The number of thiazole rings is 1. The number of halogens is 3. The number of carbonyl (C=O) groups is 1. The van der Waals surface area contributed by atoms with Crippen molar-refractivity contribution in [2.45, 2.75) is 40.3 Å². The number of hydrogen-bond donors (Lipinski definition) is 1. The minimum Gasteiger partial charge on any atom is -0.302 e. The van der Waals surface area contributed by atoms with E-state index in [-0.39, 0.29) is 18.1 Å². The van der Waals surface area contributed by atoms with Gasteiger partial charge in [-0.15, -0.1) is 16.4 Å². The van der Waals surface area contributed by atoms with Crippen molar-refractivity contribution in [3.63, 3.8) is 0 Å². The highest BCUT2D eigenvalue weighted by atomic mass is 32.1. The van der Waals surface area contributed by atoms with Gasteiger partial charge in [0, 0.05) is 21.8 Å². The Balaban J connectivity index is 1.90. The Morgan fingerprint density at radius 3 is 2.38 bits per heavy atom. The van der Waals surface area contributed by atoms with Crippen LogP contribution in [0, 0.1) is 27.7 Å². The molecule has 0 fully saturated rings. The van der Waals surface area contributed by atoms with Crippen LogP contribution in [0.25, 0.3) is 5.78 Å². The second-order valence-corrected chi connectivity index (χ2v) is 6.99. The molecule has 0 spiro atoms. The quantitative estimate of drug-likeness (QED) is 0.750. The summed E-state index contributed by atoms with van der Waals surface area (Å²) in [6.45, 7) is 6.94. The van der Waals surface area contributed by atoms with Gasteiger partial charge in [-0.05, 0) is 27.7 Å². The average molecular weight is 384 g/mol. The summed E-state index contributed by atoms with van der Waals surface area (Å²) in [7, 11) is 0. The van der Waals surface area contributed by atoms with E-state index >= 15 is 0 Å². The number of fused-ring (bicyclic) bond motifs is 1. The summed E-state index contributed by atoms with van der Waals surface area (Å²) in [5.41, 5.74) is 2.15. The number of amides is 1. The monoisotopic (exact) mass is 384 g/mol. The van der Waals surface area contributed by atoms with Gasteiger partial charge < -0.3 is 5.32 Å². The van der Waals surface area contributed by atoms with Gasteiger partial charge in [-0.25, -0.2) is 14.5 Å². The van der Waals surface area contributed by atoms with Gasteiger partial charge in [0.2, 0.25) is 5.91 Å². The van der Waals surface area contributed by atoms with Crippen molar-refractivity contribution in [1.29, 1.82) is 0 Å². The number of aryl methyl sites for hydroxylation is 4. The first-order chi connectivity index (χ1) is 12.1. The lowest BCUT2D eigenvalue weighted by Crippen LogP contribution is -2.17. The Morgan fingerprint density at radius 2 is 1.81 bits per heavy atom. The summed E-state index contributed by atoms with van der Waals surface area (Å²) in [6.07, 6.45) is -4.72. The van der Waals surface area contributed by atoms with Crippen molar-refractivity contribution >= 4 is 28.2 Å². The fraction of sp³-hybridized carbons (Fsp3) is 0.400. The third-order valence-electron chi connectivity index (χ3n) is 3.91. The largest absolute Gasteiger partial charge is 0.453 e. The molecule has 0 bridgehead atoms. The predicted molar refractivity (Wildman–Crippen MR) is 89.2 cm³/mol. The van der Waals surface area contributed by atoms with Crippen LogP contribution in [0.15, 0.2) is 0 Å². The van der Waals surface area contributed by atoms with E-state index in [0.717, 1.165) is 15.1 Å². The number of hydrogen-bond acceptors (Lipinski definition) is 6. The molecule has 3 aromatic heterocycles. The molecule has 0 saturated heterocycles. The smallest absolute Gasteiger partial charge is 0.302 e. The second kappa shape index (κ2) is 6.31. The number of nitrogens with zero attached hydrogens (tertiary/aromatic N) is 5. The molecule has 0 aliphatic heterocycles. The van der Waals surface area contributed by atoms with E-state index in [4.69, 9.17) is 0 Å². The normalized spacial score (nSPS) is 12.0. The zero-order valence-electron chi connectivity index (χ0n) is 14.4. The van der Waals surface area contributed by atoms with Crippen molar-refractivity contribution < 1.29 is 18.0 Å². The van der Waals surface area contributed by atoms with Crippen LogP contribution >= 0.6 is 11.3 Å². The molecule has 1 N–H and O–H groups in total. The molecular formula is C15H15F3N6OS. The minimum absolute atomic E-state index is 0.0561. The van der Waals surface area contributed by atoms with E-state index in [1.807, 2.05) is 13.8 Å². The summed E-state index contributed by atoms with van der Waals surface area (Å²) in [4.78, 5) is 25.0. The number of anilines is 1. The molecule has 0 radical (unpaired) electrons. The number of carbonyl (C=O) groups excluding carboxylic acids is 1. The molecule has 0 aliphatic rings. The molecule has 11 heteroatoms. The first-order valence-electron chi connectivity index (χ1n) is 7.60. The van der Waals surface area contributed by atoms with Gasteiger partial charge >= 0.3 is 6.18 Å². The summed E-state index contributed by atoms with van der Waals surface area (Å²) >= 11 is 1.36. The lowest BCUT2D eigenvalue weighted by molar-refractivity contribution is -0.144. The number of nitrogens with one attached hydrogen (secondary N) is 1. The van der Waals surface area contributed by atoms with Crippen LogP contribution < -0.4 is 5.32 Å². The molecule has 3 rings (SSSR count). The van der Waals surface area contributed by atoms with Crippen molar-refractivity contribution in [1.82, 2.24) is 24.6 Å². The van der Waals surface area contributed by atoms with Crippen LogP contribution in [0.2, 0.25) is 0 Å². The van der Waals surface area contributed by atoms with Crippen LogP contribution in [-0.4, -0.2) is 30.5 Å². The van der Waals surface area contributed by atoms with Gasteiger partial charge in [0.25, 0.3) is 11.6 Å². The van der Waals surface area contributed by atoms with E-state index in [1.165, 1.54) is 11.3 Å². The Hall–Kier alpha value is -2.56. The highest BCUT2D eigenvalue weighted by Crippen LogP contribution is 2.27. The van der Waals surface area contributed by atoms with Crippen molar-refractivity contribution in [2.75, 3.05) is 5.32 Å². The lowest BCUT2D eigenvalue weighted by Gasteiger charge is -2.09. The third-order valence-corrected chi connectivity index (χ3v) is 4.90. The molecule has 3 aromatic rings. The first kappa shape index (κ1) is 18.2. The zero-order chi connectivity index (χ0) is 19.2. The van der Waals surface area contributed by atoms with Crippen LogP contribution in [-0.2, 0) is 17.4 Å². The van der Waals surface area contributed by atoms with Crippen molar-refractivity contribution in [2.24, 2.45) is 0 Å². The van der Waals surface area contributed by atoms with Crippen LogP contribution in [0.4, 0.5) is 18.3 Å². The summed E-state index contributed by atoms with van der Waals surface area (Å²) in [6, 6.07) is 0. The van der Waals surface area contributed by atoms with Crippen LogP contribution in [0.3, 0.4) is 0 Å². The van der Waals surface area contributed by atoms with E-state index in [0.29, 0.717) is 22.1 Å². The SMILES string of the molecule is Cc1nc(NC(=O)Cc2c(C)nc3nc(C(F)(F)F)nn3c2C)sc1C. The van der Waals surface area contributed by atoms with Gasteiger partial charge in [-0.1, -0.05) is 0 Å². The van der Waals surface area contributed by atoms with Crippen molar-refractivity contribution in [3.05, 3.63) is 33.3 Å². The van der Waals surface area contributed by atoms with Gasteiger partial charge in [0.15, 0.2) is 5.13 Å². The Kier molecular flexibility index (Phi) is 4.42. The first-order valence-corrected chi connectivity index (χ1v) is 8.42. The number of rotatable bonds is 3. The van der Waals surface area contributed by atoms with E-state index in [9.17, 15) is 18.0 Å². The molecule has 0 atom stereocenters. The topological polar surface area (TPSA) is 85.1 Å². The maximum atomic E-state index is 12.8. The maximum absolute atomic E-state index is 12.8. The molecule has 26 heavy (non-hydrogen) atoms. The fourth-order valence-electron chi connectivity index (χ4n) is 2.43. The number of alkyl halides is 3. The third kappa shape index (κ3) is 3.39. The molecule has 138 valence electrons. The van der Waals surface area contributed by atoms with E-state index in [2.05, 4.69) is 25.4 Å². The van der Waals surface area contributed by atoms with Crippen LogP contribution in [0.5, 0.6) is 0 Å². The summed E-state index contributed by atoms with van der Waals surface area (Å²) in [5.74, 6) is -1.74. The zero-order valence-corrected chi connectivity index (χ0v) is 15.2. The minimum atomic E-state index is -4.66. The molecule has 0 aromatic carbocycles. The Labute approximate surface area is 150 Å². The van der Waals surface area contributed by atoms with Gasteiger partial charge in [-0.3, -0.25) is 4.79 Å². The molecule has 7 nitrogen and oxygen atoms in total. The summed E-state index contributed by atoms with van der Waals surface area (Å²) < 4.78 is 39.4. The Bertz CT molecular complexity index is 988. The van der Waals surface area contributed by atoms with Gasteiger partial charge in [0.05, 0.1) is 12.1 Å². The standard InChI is InChI=1S/C15H15F3N6OS/c1-6-9(4)26-14(20-6)21-11(25)5-10-7(2)19-13-22-12(15(16,17)18)23-24(13)8(10)3/h5H2,1-4H3,(H,20,21,25). The highest BCUT2D eigenvalue weighted by molar-refractivity contribution is 7.15. The van der Waals surface area contributed by atoms with E-state index < -0.39 is 12.0 Å². The highest BCUT2D eigenvalue weighted by Gasteiger charge is 2.37. The molecule has 1 amide bonds. The second-order valence-electron chi connectivity index (χ2n) is 5.79. The fourth-order valence-corrected chi connectivity index (χ4v) is 3.27. The van der Waals surface area contributed by atoms with E-state index in [1.54, 1.807) is 13.8 Å². The summed E-state index contributed by atoms with van der Waals surface area (Å²) in [5, 5.41) is 6.65. The van der Waals surface area contributed by atoms with Gasteiger partial charge in [0.1, 0.15) is 0 Å². The maximum Gasteiger partial charge on any atom is 0.453 e. The predicted octanol–water partition coefficient (Wildman–Crippen LogP) is 3.01. The Morgan fingerprint density at radius 1 is 1.12 bits per heavy atom. The molecule has 3 heterocycles. The van der Waals surface area contributed by atoms with Crippen molar-refractivity contribution in [3.8, 4) is 0 Å². The lowest BCUT2D eigenvalue weighted by atomic mass is 10.1.